The van der Waals surface area contributed by atoms with Crippen LogP contribution in [0.3, 0.4) is 0 Å². The molecule has 2 aromatic rings. The Bertz CT molecular complexity index is 827. The molecule has 0 radical (unpaired) electrons. The number of hydrogen-bond donors (Lipinski definition) is 1. The topological polar surface area (TPSA) is 75.7 Å². The minimum atomic E-state index is -3.66. The van der Waals surface area contributed by atoms with E-state index in [2.05, 4.69) is 5.32 Å². The summed E-state index contributed by atoms with van der Waals surface area (Å²) in [4.78, 5) is 12.3. The van der Waals surface area contributed by atoms with Gasteiger partial charge in [-0.15, -0.1) is 11.3 Å². The van der Waals surface area contributed by atoms with Gasteiger partial charge in [0.1, 0.15) is 0 Å². The molecule has 1 aromatic carbocycles. The molecule has 0 unspecified atom stereocenters. The van der Waals surface area contributed by atoms with Gasteiger partial charge in [0, 0.05) is 37.2 Å². The number of benzene rings is 1. The Balaban J connectivity index is 1.83. The quantitative estimate of drug-likeness (QED) is 0.783. The summed E-state index contributed by atoms with van der Waals surface area (Å²) in [6.45, 7) is 2.76. The summed E-state index contributed by atoms with van der Waals surface area (Å²) in [6, 6.07) is 10.1. The third-order valence-corrected chi connectivity index (χ3v) is 6.84. The molecule has 1 aliphatic rings. The van der Waals surface area contributed by atoms with E-state index in [1.165, 1.54) is 34.7 Å². The molecule has 1 fully saturated rings. The Hall–Kier alpha value is -1.74. The predicted octanol–water partition coefficient (Wildman–Crippen LogP) is 3.08. The molecule has 0 saturated carbocycles. The van der Waals surface area contributed by atoms with Crippen LogP contribution in [0, 0.1) is 0 Å². The van der Waals surface area contributed by atoms with Crippen LogP contribution >= 0.6 is 11.3 Å². The Labute approximate surface area is 157 Å². The first-order valence-electron chi connectivity index (χ1n) is 8.47. The van der Waals surface area contributed by atoms with E-state index in [1.807, 2.05) is 17.5 Å². The van der Waals surface area contributed by atoms with E-state index in [0.717, 1.165) is 17.7 Å². The molecule has 1 N–H and O–H groups in total. The predicted molar refractivity (Wildman–Crippen MR) is 102 cm³/mol. The smallest absolute Gasteiger partial charge is 0.243 e. The van der Waals surface area contributed by atoms with Crippen molar-refractivity contribution in [3.05, 3.63) is 46.7 Å². The number of ether oxygens (including phenoxy) is 1. The first kappa shape index (κ1) is 19.0. The molecule has 1 atom stereocenters. The number of carbonyl (C=O) groups excluding carboxylic acids is 1. The fourth-order valence-electron chi connectivity index (χ4n) is 2.90. The molecule has 1 aromatic heterocycles. The van der Waals surface area contributed by atoms with Crippen molar-refractivity contribution in [3.63, 3.8) is 0 Å². The fraction of sp³-hybridized carbons (Fsp3) is 0.389. The van der Waals surface area contributed by atoms with E-state index in [-0.39, 0.29) is 16.9 Å². The van der Waals surface area contributed by atoms with E-state index in [1.54, 1.807) is 12.1 Å². The number of nitrogens with one attached hydrogen (secondary N) is 1. The number of nitrogens with zero attached hydrogens (tertiary/aromatic N) is 1. The van der Waals surface area contributed by atoms with Crippen LogP contribution < -0.4 is 5.32 Å². The molecule has 6 nitrogen and oxygen atoms in total. The van der Waals surface area contributed by atoms with Crippen LogP contribution in [0.4, 0.5) is 5.69 Å². The standard InChI is InChI=1S/C18H22N2O4S2/c1-14(21)19-15-6-8-18(9-7-15)26(22,23)20(12-16-4-2-10-24-16)13-17-5-3-11-25-17/h3,5-9,11,16H,2,4,10,12-13H2,1H3,(H,19,21)/t16-/m1/s1. The third-order valence-electron chi connectivity index (χ3n) is 4.16. The highest BCUT2D eigenvalue weighted by Crippen LogP contribution is 2.24. The number of amides is 1. The summed E-state index contributed by atoms with van der Waals surface area (Å²) in [6.07, 6.45) is 1.77. The Morgan fingerprint density at radius 3 is 2.65 bits per heavy atom. The maximum Gasteiger partial charge on any atom is 0.243 e. The number of carbonyl (C=O) groups is 1. The fourth-order valence-corrected chi connectivity index (χ4v) is 5.15. The molecule has 140 valence electrons. The van der Waals surface area contributed by atoms with Gasteiger partial charge in [-0.2, -0.15) is 4.31 Å². The summed E-state index contributed by atoms with van der Waals surface area (Å²) in [7, 11) is -3.66. The largest absolute Gasteiger partial charge is 0.377 e. The monoisotopic (exact) mass is 394 g/mol. The van der Waals surface area contributed by atoms with Gasteiger partial charge in [0.05, 0.1) is 11.0 Å². The Morgan fingerprint density at radius 1 is 1.31 bits per heavy atom. The lowest BCUT2D eigenvalue weighted by molar-refractivity contribution is -0.114. The maximum atomic E-state index is 13.2. The van der Waals surface area contributed by atoms with Gasteiger partial charge >= 0.3 is 0 Å². The van der Waals surface area contributed by atoms with Crippen molar-refractivity contribution in [2.45, 2.75) is 37.3 Å². The van der Waals surface area contributed by atoms with Crippen molar-refractivity contribution in [2.24, 2.45) is 0 Å². The van der Waals surface area contributed by atoms with Crippen molar-refractivity contribution in [1.29, 1.82) is 0 Å². The number of thiophene rings is 1. The molecular weight excluding hydrogens is 372 g/mol. The van der Waals surface area contributed by atoms with Gasteiger partial charge < -0.3 is 10.1 Å². The van der Waals surface area contributed by atoms with Crippen molar-refractivity contribution >= 4 is 33.0 Å². The molecule has 8 heteroatoms. The molecular formula is C18H22N2O4S2. The van der Waals surface area contributed by atoms with Gasteiger partial charge in [-0.05, 0) is 48.6 Å². The summed E-state index contributed by atoms with van der Waals surface area (Å²) in [5, 5.41) is 4.58. The average Bonchev–Trinajstić information content (AvgIpc) is 3.28. The van der Waals surface area contributed by atoms with E-state index in [4.69, 9.17) is 4.74 Å². The van der Waals surface area contributed by atoms with Gasteiger partial charge in [0.15, 0.2) is 0 Å². The molecule has 3 rings (SSSR count). The zero-order valence-corrected chi connectivity index (χ0v) is 16.2. The van der Waals surface area contributed by atoms with Crippen LogP contribution in [0.5, 0.6) is 0 Å². The number of anilines is 1. The van der Waals surface area contributed by atoms with E-state index >= 15 is 0 Å². The molecule has 26 heavy (non-hydrogen) atoms. The van der Waals surface area contributed by atoms with Gasteiger partial charge in [0.25, 0.3) is 0 Å². The lowest BCUT2D eigenvalue weighted by Crippen LogP contribution is -2.36. The summed E-state index contributed by atoms with van der Waals surface area (Å²) in [5.74, 6) is -0.196. The SMILES string of the molecule is CC(=O)Nc1ccc(S(=O)(=O)N(Cc2cccs2)C[C@H]2CCCO2)cc1. The first-order chi connectivity index (χ1) is 12.4. The Kier molecular flexibility index (Phi) is 6.08. The second-order valence-electron chi connectivity index (χ2n) is 6.22. The number of sulfonamides is 1. The van der Waals surface area contributed by atoms with Crippen molar-refractivity contribution in [1.82, 2.24) is 4.31 Å². The summed E-state index contributed by atoms with van der Waals surface area (Å²) in [5.41, 5.74) is 0.570. The van der Waals surface area contributed by atoms with Crippen LogP contribution in [-0.2, 0) is 26.1 Å². The lowest BCUT2D eigenvalue weighted by Gasteiger charge is -2.24. The van der Waals surface area contributed by atoms with Crippen LogP contribution in [0.15, 0.2) is 46.7 Å². The Morgan fingerprint density at radius 2 is 2.08 bits per heavy atom. The van der Waals surface area contributed by atoms with Gasteiger partial charge in [-0.3, -0.25) is 4.79 Å². The van der Waals surface area contributed by atoms with Crippen LogP contribution in [0.2, 0.25) is 0 Å². The van der Waals surface area contributed by atoms with E-state index in [9.17, 15) is 13.2 Å². The molecule has 0 bridgehead atoms. The van der Waals surface area contributed by atoms with E-state index in [0.29, 0.717) is 25.4 Å². The minimum absolute atomic E-state index is 0.0663. The van der Waals surface area contributed by atoms with E-state index < -0.39 is 10.0 Å². The lowest BCUT2D eigenvalue weighted by atomic mass is 10.2. The van der Waals surface area contributed by atoms with Gasteiger partial charge in [-0.25, -0.2) is 8.42 Å². The molecule has 1 aliphatic heterocycles. The minimum Gasteiger partial charge on any atom is -0.377 e. The highest BCUT2D eigenvalue weighted by atomic mass is 32.2. The maximum absolute atomic E-state index is 13.2. The highest BCUT2D eigenvalue weighted by molar-refractivity contribution is 7.89. The molecule has 1 saturated heterocycles. The van der Waals surface area contributed by atoms with Crippen LogP contribution in [-0.4, -0.2) is 37.9 Å². The summed E-state index contributed by atoms with van der Waals surface area (Å²) < 4.78 is 33.5. The van der Waals surface area contributed by atoms with Gasteiger partial charge in [0.2, 0.25) is 15.9 Å². The molecule has 0 aliphatic carbocycles. The zero-order valence-electron chi connectivity index (χ0n) is 14.6. The third kappa shape index (κ3) is 4.70. The van der Waals surface area contributed by atoms with Crippen molar-refractivity contribution in [2.75, 3.05) is 18.5 Å². The zero-order chi connectivity index (χ0) is 18.6. The van der Waals surface area contributed by atoms with Crippen LogP contribution in [0.1, 0.15) is 24.6 Å². The summed E-state index contributed by atoms with van der Waals surface area (Å²) >= 11 is 1.54. The normalized spacial score (nSPS) is 17.5. The molecule has 0 spiro atoms. The molecule has 1 amide bonds. The van der Waals surface area contributed by atoms with Gasteiger partial charge in [-0.1, -0.05) is 6.07 Å². The second-order valence-corrected chi connectivity index (χ2v) is 9.19. The first-order valence-corrected chi connectivity index (χ1v) is 10.8. The number of rotatable bonds is 7. The van der Waals surface area contributed by atoms with Crippen LogP contribution in [0.25, 0.3) is 0 Å². The van der Waals surface area contributed by atoms with Crippen molar-refractivity contribution < 1.29 is 17.9 Å². The number of hydrogen-bond acceptors (Lipinski definition) is 5. The second kappa shape index (κ2) is 8.30. The molecule has 2 heterocycles. The highest BCUT2D eigenvalue weighted by Gasteiger charge is 2.29. The average molecular weight is 395 g/mol. The van der Waals surface area contributed by atoms with Crippen molar-refractivity contribution in [3.8, 4) is 0 Å².